The first-order valence-electron chi connectivity index (χ1n) is 15.1. The molecule has 8 rings (SSSR count). The van der Waals surface area contributed by atoms with E-state index in [-0.39, 0.29) is 17.3 Å². The van der Waals surface area contributed by atoms with Crippen molar-refractivity contribution in [1.29, 1.82) is 0 Å². The summed E-state index contributed by atoms with van der Waals surface area (Å²) in [6, 6.07) is 11.6. The number of methoxy groups -OCH3 is 1. The number of rotatable bonds is 1. The number of benzene rings is 2. The number of halogens is 1. The van der Waals surface area contributed by atoms with E-state index in [1.807, 2.05) is 25.3 Å². The van der Waals surface area contributed by atoms with Gasteiger partial charge in [-0.2, -0.15) is 0 Å². The lowest BCUT2D eigenvalue weighted by atomic mass is 9.61. The van der Waals surface area contributed by atoms with Gasteiger partial charge < -0.3 is 14.4 Å². The van der Waals surface area contributed by atoms with Crippen LogP contribution in [0, 0.1) is 23.7 Å². The minimum Gasteiger partial charge on any atom is -0.490 e. The first kappa shape index (κ1) is 27.5. The van der Waals surface area contributed by atoms with Gasteiger partial charge in [0.1, 0.15) is 5.75 Å². The molecule has 6 aliphatic rings. The number of ether oxygens (including phenoxy) is 2. The fourth-order valence-corrected chi connectivity index (χ4v) is 9.71. The second kappa shape index (κ2) is 10.5. The minimum atomic E-state index is -3.73. The molecule has 1 N–H and O–H groups in total. The standard InChI is InChI=1S/C32H39ClN2O5S/c1-39-30-24-13-20(14-24)10-12-41(37,38)34-31(36)22-5-9-29-28(16-22)35(17-23-4-7-26(23)30)18-32(19-40-29)11-2-3-21-15-25(33)6-8-27(21)32/h5-6,8-9,15-16,20,23-24,26,30H,2-4,7,10-14,17-19H2,1H3,(H,34,36)/t20?,23-,24?,26+,30-,32-/m0/s1. The summed E-state index contributed by atoms with van der Waals surface area (Å²) >= 11 is 6.41. The number of fused-ring (bicyclic) bond motifs is 6. The van der Waals surface area contributed by atoms with Gasteiger partial charge in [-0.05, 0) is 116 Å². The van der Waals surface area contributed by atoms with E-state index in [2.05, 4.69) is 21.8 Å². The van der Waals surface area contributed by atoms with Crippen molar-refractivity contribution in [2.75, 3.05) is 37.5 Å². The Balaban J connectivity index is 1.29. The van der Waals surface area contributed by atoms with Crippen molar-refractivity contribution in [2.45, 2.75) is 62.9 Å². The van der Waals surface area contributed by atoms with Crippen LogP contribution in [0.5, 0.6) is 5.75 Å². The van der Waals surface area contributed by atoms with Gasteiger partial charge in [-0.3, -0.25) is 4.79 Å². The minimum absolute atomic E-state index is 0.0358. The molecule has 0 aromatic heterocycles. The molecule has 1 amide bonds. The quantitative estimate of drug-likeness (QED) is 0.477. The van der Waals surface area contributed by atoms with Crippen LogP contribution in [0.1, 0.15) is 66.4 Å². The lowest BCUT2D eigenvalue weighted by molar-refractivity contribution is -0.0845. The van der Waals surface area contributed by atoms with Gasteiger partial charge in [0, 0.05) is 36.2 Å². The monoisotopic (exact) mass is 598 g/mol. The number of hydrogen-bond acceptors (Lipinski definition) is 6. The summed E-state index contributed by atoms with van der Waals surface area (Å²) in [7, 11) is -1.89. The molecular formula is C32H39ClN2O5S. The largest absolute Gasteiger partial charge is 0.490 e. The molecule has 2 aromatic rings. The number of nitrogens with one attached hydrogen (secondary N) is 1. The highest BCUT2D eigenvalue weighted by atomic mass is 35.5. The summed E-state index contributed by atoms with van der Waals surface area (Å²) in [5.74, 6) is 1.93. The van der Waals surface area contributed by atoms with Crippen LogP contribution in [0.3, 0.4) is 0 Å². The van der Waals surface area contributed by atoms with E-state index in [9.17, 15) is 13.2 Å². The van der Waals surface area contributed by atoms with Crippen LogP contribution in [0.25, 0.3) is 0 Å². The molecule has 0 radical (unpaired) electrons. The average molecular weight is 599 g/mol. The zero-order valence-corrected chi connectivity index (χ0v) is 25.2. The zero-order valence-electron chi connectivity index (χ0n) is 23.6. The molecule has 41 heavy (non-hydrogen) atoms. The van der Waals surface area contributed by atoms with E-state index in [0.717, 1.165) is 74.5 Å². The zero-order chi connectivity index (χ0) is 28.4. The molecule has 2 aromatic carbocycles. The van der Waals surface area contributed by atoms with Crippen molar-refractivity contribution in [3.05, 3.63) is 58.1 Å². The molecule has 3 aliphatic heterocycles. The first-order valence-corrected chi connectivity index (χ1v) is 17.1. The van der Waals surface area contributed by atoms with Gasteiger partial charge in [-0.1, -0.05) is 17.7 Å². The van der Waals surface area contributed by atoms with Crippen LogP contribution in [-0.4, -0.2) is 53.0 Å². The number of sulfonamides is 1. The summed E-state index contributed by atoms with van der Waals surface area (Å²) in [5.41, 5.74) is 3.59. The van der Waals surface area contributed by atoms with E-state index >= 15 is 0 Å². The molecule has 0 unspecified atom stereocenters. The maximum atomic E-state index is 13.2. The third-order valence-corrected chi connectivity index (χ3v) is 12.2. The van der Waals surface area contributed by atoms with Crippen LogP contribution in [0.4, 0.5) is 5.69 Å². The normalized spacial score (nSPS) is 34.1. The third kappa shape index (κ3) is 5.04. The van der Waals surface area contributed by atoms with Gasteiger partial charge in [0.25, 0.3) is 5.91 Å². The van der Waals surface area contributed by atoms with E-state index in [4.69, 9.17) is 21.1 Å². The molecule has 2 saturated carbocycles. The maximum absolute atomic E-state index is 13.2. The Morgan fingerprint density at radius 3 is 2.73 bits per heavy atom. The molecule has 3 heterocycles. The van der Waals surface area contributed by atoms with Gasteiger partial charge in [0.2, 0.25) is 10.0 Å². The Hall–Kier alpha value is -2.29. The van der Waals surface area contributed by atoms with Crippen molar-refractivity contribution >= 4 is 33.2 Å². The van der Waals surface area contributed by atoms with E-state index in [0.29, 0.717) is 42.3 Å². The average Bonchev–Trinajstić information content (AvgIpc) is 3.05. The van der Waals surface area contributed by atoms with Crippen molar-refractivity contribution in [2.24, 2.45) is 23.7 Å². The summed E-state index contributed by atoms with van der Waals surface area (Å²) in [5, 5.41) is 0.760. The molecular weight excluding hydrogens is 560 g/mol. The van der Waals surface area contributed by atoms with Crippen molar-refractivity contribution < 1.29 is 22.7 Å². The third-order valence-electron chi connectivity index (χ3n) is 10.7. The number of hydrogen-bond donors (Lipinski definition) is 1. The summed E-state index contributed by atoms with van der Waals surface area (Å²) in [6.07, 6.45) is 8.16. The van der Waals surface area contributed by atoms with Gasteiger partial charge in [-0.15, -0.1) is 0 Å². The number of carbonyl (C=O) groups excluding carboxylic acids is 1. The molecule has 3 aliphatic carbocycles. The molecule has 220 valence electrons. The Morgan fingerprint density at radius 1 is 1.10 bits per heavy atom. The number of anilines is 1. The predicted octanol–water partition coefficient (Wildman–Crippen LogP) is 5.34. The number of amides is 1. The second-order valence-electron chi connectivity index (χ2n) is 13.1. The maximum Gasteiger partial charge on any atom is 0.264 e. The van der Waals surface area contributed by atoms with Crippen molar-refractivity contribution in [1.82, 2.24) is 4.72 Å². The van der Waals surface area contributed by atoms with Gasteiger partial charge >= 0.3 is 0 Å². The molecule has 7 nitrogen and oxygen atoms in total. The second-order valence-corrected chi connectivity index (χ2v) is 15.4. The smallest absolute Gasteiger partial charge is 0.264 e. The Morgan fingerprint density at radius 2 is 1.95 bits per heavy atom. The molecule has 9 heteroatoms. The van der Waals surface area contributed by atoms with Crippen molar-refractivity contribution in [3.63, 3.8) is 0 Å². The lowest BCUT2D eigenvalue weighted by Crippen LogP contribution is -2.52. The van der Waals surface area contributed by atoms with Crippen molar-refractivity contribution in [3.8, 4) is 5.75 Å². The Labute approximate surface area is 248 Å². The Bertz CT molecular complexity index is 1460. The molecule has 2 fully saturated rings. The summed E-state index contributed by atoms with van der Waals surface area (Å²) in [4.78, 5) is 15.6. The number of aryl methyl sites for hydroxylation is 1. The molecule has 0 saturated heterocycles. The molecule has 4 bridgehead atoms. The van der Waals surface area contributed by atoms with Crippen LogP contribution in [0.15, 0.2) is 36.4 Å². The summed E-state index contributed by atoms with van der Waals surface area (Å²) < 4.78 is 40.7. The van der Waals surface area contributed by atoms with Gasteiger partial charge in [0.15, 0.2) is 0 Å². The van der Waals surface area contributed by atoms with E-state index in [1.165, 1.54) is 11.1 Å². The highest BCUT2D eigenvalue weighted by molar-refractivity contribution is 7.90. The van der Waals surface area contributed by atoms with Crippen LogP contribution in [0.2, 0.25) is 5.02 Å². The fraction of sp³-hybridized carbons (Fsp3) is 0.594. The SMILES string of the molecule is CO[C@H]1C2CC(CCS(=O)(=O)NC(=O)c3ccc4c(c3)N(C[C@@H]3CC[C@H]31)C[C@@]1(CCCc3cc(Cl)ccc31)CO4)C2. The lowest BCUT2D eigenvalue weighted by Gasteiger charge is -2.50. The van der Waals surface area contributed by atoms with Crippen LogP contribution >= 0.6 is 11.6 Å². The van der Waals surface area contributed by atoms with Crippen LogP contribution in [-0.2, 0) is 26.6 Å². The topological polar surface area (TPSA) is 84.9 Å². The molecule has 4 atom stereocenters. The Kier molecular flexibility index (Phi) is 7.02. The van der Waals surface area contributed by atoms with E-state index < -0.39 is 15.9 Å². The number of carbonyl (C=O) groups is 1. The number of nitrogens with zero attached hydrogens (tertiary/aromatic N) is 1. The van der Waals surface area contributed by atoms with Gasteiger partial charge in [0.05, 0.1) is 24.2 Å². The molecule has 1 spiro atoms. The first-order chi connectivity index (χ1) is 19.7. The van der Waals surface area contributed by atoms with E-state index in [1.54, 1.807) is 6.07 Å². The van der Waals surface area contributed by atoms with Gasteiger partial charge in [-0.25, -0.2) is 13.1 Å². The van der Waals surface area contributed by atoms with Crippen LogP contribution < -0.4 is 14.4 Å². The predicted molar refractivity (Wildman–Crippen MR) is 159 cm³/mol. The highest BCUT2D eigenvalue weighted by Gasteiger charge is 2.47. The fourth-order valence-electron chi connectivity index (χ4n) is 8.37. The summed E-state index contributed by atoms with van der Waals surface area (Å²) in [6.45, 7) is 2.17. The highest BCUT2D eigenvalue weighted by Crippen LogP contribution is 2.50.